The van der Waals surface area contributed by atoms with Gasteiger partial charge in [0.05, 0.1) is 0 Å². The van der Waals surface area contributed by atoms with Gasteiger partial charge in [-0.1, -0.05) is 43.2 Å². The number of aliphatic hydroxyl groups excluding tert-OH is 1. The summed E-state index contributed by atoms with van der Waals surface area (Å²) in [4.78, 5) is 21.7. The Hall–Kier alpha value is -2.12. The molecule has 1 fully saturated rings. The number of nitrogens with one attached hydrogen (secondary N) is 1. The molecule has 1 aromatic rings. The lowest BCUT2D eigenvalue weighted by molar-refractivity contribution is -0.146. The highest BCUT2D eigenvalue weighted by atomic mass is 16.6. The Morgan fingerprint density at radius 1 is 1.19 bits per heavy atom. The van der Waals surface area contributed by atoms with Gasteiger partial charge in [0.25, 0.3) is 0 Å². The number of amides is 1. The molecule has 2 rings (SSSR count). The van der Waals surface area contributed by atoms with E-state index in [4.69, 9.17) is 20.7 Å². The Kier molecular flexibility index (Phi) is 8.54. The minimum atomic E-state index is -1.41. The van der Waals surface area contributed by atoms with Crippen molar-refractivity contribution >= 4 is 12.1 Å². The zero-order valence-electron chi connectivity index (χ0n) is 15.6. The average molecular weight is 366 g/mol. The molecule has 0 radical (unpaired) electrons. The van der Waals surface area contributed by atoms with Crippen molar-refractivity contribution in [2.24, 2.45) is 5.73 Å². The zero-order chi connectivity index (χ0) is 19.7. The van der Waals surface area contributed by atoms with Gasteiger partial charge in [-0.25, -0.2) is 9.59 Å². The Balaban J connectivity index is 0.000000273. The summed E-state index contributed by atoms with van der Waals surface area (Å²) in [6.45, 7) is 5.56. The van der Waals surface area contributed by atoms with Crippen LogP contribution in [0.1, 0.15) is 58.1 Å². The number of carboxylic acids is 1. The molecule has 0 saturated heterocycles. The first-order chi connectivity index (χ1) is 12.1. The molecule has 0 spiro atoms. The van der Waals surface area contributed by atoms with E-state index in [-0.39, 0.29) is 18.2 Å². The third kappa shape index (κ3) is 8.31. The first kappa shape index (κ1) is 21.9. The third-order valence-electron chi connectivity index (χ3n) is 3.87. The topological polar surface area (TPSA) is 122 Å². The fraction of sp³-hybridized carbons (Fsp3) is 0.579. The molecule has 0 unspecified atom stereocenters. The molecule has 3 atom stereocenters. The minimum absolute atomic E-state index is 0.0752. The maximum Gasteiger partial charge on any atom is 0.407 e. The van der Waals surface area contributed by atoms with Crippen molar-refractivity contribution in [3.8, 4) is 0 Å². The monoisotopic (exact) mass is 366 g/mol. The second kappa shape index (κ2) is 10.1. The van der Waals surface area contributed by atoms with Gasteiger partial charge < -0.3 is 26.0 Å². The van der Waals surface area contributed by atoms with E-state index in [9.17, 15) is 9.59 Å². The van der Waals surface area contributed by atoms with Gasteiger partial charge in [0, 0.05) is 12.1 Å². The van der Waals surface area contributed by atoms with E-state index in [2.05, 4.69) is 5.32 Å². The van der Waals surface area contributed by atoms with Gasteiger partial charge in [-0.15, -0.1) is 0 Å². The summed E-state index contributed by atoms with van der Waals surface area (Å²) >= 11 is 0. The SMILES string of the molecule is CC(C)(C)OC(=O)N[C@H]1CCCC[C@H]1N.O=C(O)[C@H](O)c1ccccc1. The maximum absolute atomic E-state index is 11.5. The molecule has 0 heterocycles. The van der Waals surface area contributed by atoms with Gasteiger partial charge in [0.2, 0.25) is 0 Å². The summed E-state index contributed by atoms with van der Waals surface area (Å²) in [5.74, 6) is -1.23. The highest BCUT2D eigenvalue weighted by molar-refractivity contribution is 5.73. The van der Waals surface area contributed by atoms with E-state index in [1.165, 1.54) is 0 Å². The molecule has 0 aliphatic heterocycles. The molecular weight excluding hydrogens is 336 g/mol. The molecule has 0 bridgehead atoms. The fourth-order valence-electron chi connectivity index (χ4n) is 2.58. The lowest BCUT2D eigenvalue weighted by Gasteiger charge is -2.30. The van der Waals surface area contributed by atoms with E-state index in [1.807, 2.05) is 20.8 Å². The number of rotatable bonds is 3. The summed E-state index contributed by atoms with van der Waals surface area (Å²) in [5.41, 5.74) is 5.88. The van der Waals surface area contributed by atoms with Crippen LogP contribution in [0, 0.1) is 0 Å². The first-order valence-corrected chi connectivity index (χ1v) is 8.81. The number of alkyl carbamates (subject to hydrolysis) is 1. The van der Waals surface area contributed by atoms with Crippen molar-refractivity contribution in [2.45, 2.75) is 70.2 Å². The summed E-state index contributed by atoms with van der Waals surface area (Å²) in [7, 11) is 0. The van der Waals surface area contributed by atoms with Gasteiger partial charge >= 0.3 is 12.1 Å². The second-order valence-electron chi connectivity index (χ2n) is 7.35. The molecule has 1 aliphatic rings. The van der Waals surface area contributed by atoms with Crippen molar-refractivity contribution in [3.05, 3.63) is 35.9 Å². The summed E-state index contributed by atoms with van der Waals surface area (Å²) in [6, 6.07) is 8.42. The normalized spacial score (nSPS) is 21.0. The number of aliphatic carboxylic acids is 1. The molecule has 1 aromatic carbocycles. The number of aliphatic hydroxyl groups is 1. The minimum Gasteiger partial charge on any atom is -0.479 e. The number of carboxylic acid groups (broad SMARTS) is 1. The number of nitrogens with two attached hydrogens (primary N) is 1. The highest BCUT2D eigenvalue weighted by Gasteiger charge is 2.25. The zero-order valence-corrected chi connectivity index (χ0v) is 15.6. The van der Waals surface area contributed by atoms with Crippen LogP contribution in [-0.4, -0.2) is 40.0 Å². The van der Waals surface area contributed by atoms with Crippen LogP contribution in [-0.2, 0) is 9.53 Å². The molecule has 26 heavy (non-hydrogen) atoms. The molecule has 0 aromatic heterocycles. The molecule has 7 heteroatoms. The van der Waals surface area contributed by atoms with Gasteiger partial charge in [0.1, 0.15) is 5.60 Å². The third-order valence-corrected chi connectivity index (χ3v) is 3.87. The highest BCUT2D eigenvalue weighted by Crippen LogP contribution is 2.17. The van der Waals surface area contributed by atoms with E-state index < -0.39 is 17.7 Å². The lowest BCUT2D eigenvalue weighted by Crippen LogP contribution is -2.50. The van der Waals surface area contributed by atoms with Crippen LogP contribution in [0.4, 0.5) is 4.79 Å². The van der Waals surface area contributed by atoms with Crippen molar-refractivity contribution in [3.63, 3.8) is 0 Å². The lowest BCUT2D eigenvalue weighted by atomic mass is 9.91. The second-order valence-corrected chi connectivity index (χ2v) is 7.35. The van der Waals surface area contributed by atoms with Gasteiger partial charge in [-0.2, -0.15) is 0 Å². The molecule has 1 aliphatic carbocycles. The summed E-state index contributed by atoms with van der Waals surface area (Å²) in [5, 5.41) is 20.2. The van der Waals surface area contributed by atoms with E-state index in [0.29, 0.717) is 5.56 Å². The fourth-order valence-corrected chi connectivity index (χ4v) is 2.58. The average Bonchev–Trinajstić information content (AvgIpc) is 2.56. The van der Waals surface area contributed by atoms with Crippen molar-refractivity contribution in [2.75, 3.05) is 0 Å². The summed E-state index contributed by atoms with van der Waals surface area (Å²) in [6.07, 6.45) is 2.48. The van der Waals surface area contributed by atoms with Gasteiger partial charge in [-0.05, 0) is 39.2 Å². The van der Waals surface area contributed by atoms with Crippen molar-refractivity contribution < 1.29 is 24.5 Å². The van der Waals surface area contributed by atoms with E-state index >= 15 is 0 Å². The van der Waals surface area contributed by atoms with E-state index in [0.717, 1.165) is 25.7 Å². The largest absolute Gasteiger partial charge is 0.479 e. The number of carbonyl (C=O) groups excluding carboxylic acids is 1. The number of hydrogen-bond donors (Lipinski definition) is 4. The molecule has 146 valence electrons. The van der Waals surface area contributed by atoms with E-state index in [1.54, 1.807) is 30.3 Å². The van der Waals surface area contributed by atoms with Crippen LogP contribution in [0.15, 0.2) is 30.3 Å². The van der Waals surface area contributed by atoms with Gasteiger partial charge in [-0.3, -0.25) is 0 Å². The van der Waals surface area contributed by atoms with Crippen LogP contribution >= 0.6 is 0 Å². The Labute approximate surface area is 154 Å². The van der Waals surface area contributed by atoms with Crippen LogP contribution in [0.2, 0.25) is 0 Å². The molecular formula is C19H30N2O5. The Morgan fingerprint density at radius 2 is 1.77 bits per heavy atom. The standard InChI is InChI=1S/C11H22N2O2.C8H8O3/c1-11(2,3)15-10(14)13-9-7-5-4-6-8(9)12;9-7(8(10)11)6-4-2-1-3-5-6/h8-9H,4-7,12H2,1-3H3,(H,13,14);1-5,7,9H,(H,10,11)/t8-,9+;7-/m11/s1. The Morgan fingerprint density at radius 3 is 2.27 bits per heavy atom. The van der Waals surface area contributed by atoms with Crippen molar-refractivity contribution in [1.82, 2.24) is 5.32 Å². The van der Waals surface area contributed by atoms with Gasteiger partial charge in [0.15, 0.2) is 6.10 Å². The smallest absolute Gasteiger partial charge is 0.407 e. The predicted octanol–water partition coefficient (Wildman–Crippen LogP) is 2.59. The molecule has 7 nitrogen and oxygen atoms in total. The van der Waals surface area contributed by atoms with Crippen LogP contribution in [0.3, 0.4) is 0 Å². The molecule has 1 saturated carbocycles. The molecule has 5 N–H and O–H groups in total. The van der Waals surface area contributed by atoms with Crippen LogP contribution in [0.25, 0.3) is 0 Å². The van der Waals surface area contributed by atoms with Crippen molar-refractivity contribution in [1.29, 1.82) is 0 Å². The molecule has 1 amide bonds. The quantitative estimate of drug-likeness (QED) is 0.652. The number of benzene rings is 1. The number of ether oxygens (including phenoxy) is 1. The number of hydrogen-bond acceptors (Lipinski definition) is 5. The Bertz CT molecular complexity index is 571. The number of carbonyl (C=O) groups is 2. The van der Waals surface area contributed by atoms with Crippen LogP contribution in [0.5, 0.6) is 0 Å². The maximum atomic E-state index is 11.5. The van der Waals surface area contributed by atoms with Crippen LogP contribution < -0.4 is 11.1 Å². The first-order valence-electron chi connectivity index (χ1n) is 8.81. The summed E-state index contributed by atoms with van der Waals surface area (Å²) < 4.78 is 5.18. The predicted molar refractivity (Wildman–Crippen MR) is 98.6 cm³/mol.